The van der Waals surface area contributed by atoms with E-state index in [0.29, 0.717) is 24.1 Å². The van der Waals surface area contributed by atoms with E-state index in [-0.39, 0.29) is 37.1 Å². The molecule has 9 N–H and O–H groups in total. The first kappa shape index (κ1) is 37.4. The molecular weight excluding hydrogens is 622 g/mol. The molecule has 0 radical (unpaired) electrons. The zero-order chi connectivity index (χ0) is 35.4. The van der Waals surface area contributed by atoms with Crippen LogP contribution in [0.3, 0.4) is 0 Å². The van der Waals surface area contributed by atoms with Gasteiger partial charge in [-0.2, -0.15) is 0 Å². The van der Waals surface area contributed by atoms with Gasteiger partial charge >= 0.3 is 0 Å². The van der Waals surface area contributed by atoms with E-state index in [2.05, 4.69) is 21.3 Å². The van der Waals surface area contributed by atoms with Crippen LogP contribution < -0.4 is 37.5 Å². The van der Waals surface area contributed by atoms with Crippen LogP contribution in [0.15, 0.2) is 54.6 Å². The average molecular weight is 668 g/mol. The first-order chi connectivity index (χ1) is 22.7. The number of aliphatic hydroxyl groups is 1. The smallest absolute Gasteiger partial charge is 0.258 e. The number of amides is 6. The van der Waals surface area contributed by atoms with Crippen LogP contribution in [-0.2, 0) is 35.2 Å². The summed E-state index contributed by atoms with van der Waals surface area (Å²) >= 11 is 0. The lowest BCUT2D eigenvalue weighted by molar-refractivity contribution is -0.147. The topological polar surface area (TPSA) is 235 Å². The van der Waals surface area contributed by atoms with Gasteiger partial charge < -0.3 is 47.5 Å². The fraction of sp³-hybridized carbons (Fsp3) is 0.455. The van der Waals surface area contributed by atoms with Crippen LogP contribution in [0, 0.1) is 0 Å². The molecule has 4 atom stereocenters. The number of aliphatic hydroxyl groups excluding tert-OH is 1. The monoisotopic (exact) mass is 667 g/mol. The molecule has 1 aliphatic rings. The first-order valence-electron chi connectivity index (χ1n) is 15.6. The van der Waals surface area contributed by atoms with Gasteiger partial charge in [0.25, 0.3) is 11.8 Å². The number of primary amides is 1. The standard InChI is InChI=1S/C33H45N7O8/c1-33(2,3)39-31(46)25-10-7-15-40(25)32(47)29(44)23(16-20-8-5-4-6-9-20)38-30(45)24(17-26(35)41)37-28(43)19-48-22-13-11-21(12-14-22)36-27(42)18-34/h4-6,8-9,11-14,23-25,29,44H,7,10,15-19,34H2,1-3H3,(H2,35,41)(H,36,42)(H,37,43)(H,38,45)(H,39,46)/t23-,24-,25-,29-/m0/s1. The van der Waals surface area contributed by atoms with E-state index in [1.807, 2.05) is 20.8 Å². The van der Waals surface area contributed by atoms with Crippen molar-refractivity contribution in [3.63, 3.8) is 0 Å². The van der Waals surface area contributed by atoms with Gasteiger partial charge in [0.05, 0.1) is 19.0 Å². The van der Waals surface area contributed by atoms with Crippen molar-refractivity contribution in [1.29, 1.82) is 0 Å². The number of rotatable bonds is 15. The van der Waals surface area contributed by atoms with Crippen LogP contribution in [0.2, 0.25) is 0 Å². The van der Waals surface area contributed by atoms with Gasteiger partial charge in [-0.15, -0.1) is 0 Å². The second-order valence-electron chi connectivity index (χ2n) is 12.5. The summed E-state index contributed by atoms with van der Waals surface area (Å²) in [5, 5.41) is 21.8. The Morgan fingerprint density at radius 1 is 0.979 bits per heavy atom. The van der Waals surface area contributed by atoms with E-state index >= 15 is 0 Å². The molecule has 0 aromatic heterocycles. The van der Waals surface area contributed by atoms with Crippen LogP contribution in [0.25, 0.3) is 0 Å². The summed E-state index contributed by atoms with van der Waals surface area (Å²) < 4.78 is 5.47. The predicted octanol–water partition coefficient (Wildman–Crippen LogP) is -0.683. The molecule has 15 heteroatoms. The molecule has 2 aromatic carbocycles. The molecule has 1 fully saturated rings. The van der Waals surface area contributed by atoms with Gasteiger partial charge in [-0.1, -0.05) is 30.3 Å². The SMILES string of the molecule is CC(C)(C)NC(=O)[C@@H]1CCCN1C(=O)[C@@H](O)[C@H](Cc1ccccc1)NC(=O)[C@H](CC(N)=O)NC(=O)COc1ccc(NC(=O)CN)cc1. The molecule has 0 spiro atoms. The summed E-state index contributed by atoms with van der Waals surface area (Å²) in [7, 11) is 0. The lowest BCUT2D eigenvalue weighted by atomic mass is 9.99. The van der Waals surface area contributed by atoms with Gasteiger partial charge in [0.2, 0.25) is 23.6 Å². The molecule has 15 nitrogen and oxygen atoms in total. The molecule has 2 aromatic rings. The number of nitrogens with zero attached hydrogens (tertiary/aromatic N) is 1. The van der Waals surface area contributed by atoms with Crippen LogP contribution >= 0.6 is 0 Å². The van der Waals surface area contributed by atoms with Crippen LogP contribution in [0.5, 0.6) is 5.75 Å². The van der Waals surface area contributed by atoms with Crippen molar-refractivity contribution >= 4 is 41.1 Å². The first-order valence-corrected chi connectivity index (χ1v) is 15.6. The van der Waals surface area contributed by atoms with E-state index in [9.17, 15) is 33.9 Å². The number of anilines is 1. The Hall–Kier alpha value is -5.02. The van der Waals surface area contributed by atoms with Crippen LogP contribution in [0.1, 0.15) is 45.6 Å². The number of hydrogen-bond donors (Lipinski definition) is 7. The summed E-state index contributed by atoms with van der Waals surface area (Å²) in [6.07, 6.45) is -1.34. The molecule has 48 heavy (non-hydrogen) atoms. The molecule has 0 unspecified atom stereocenters. The Kier molecular flexibility index (Phi) is 13.4. The molecule has 1 saturated heterocycles. The minimum atomic E-state index is -1.76. The molecule has 1 aliphatic heterocycles. The molecular formula is C33H45N7O8. The normalized spacial score (nSPS) is 16.2. The number of carbonyl (C=O) groups excluding carboxylic acids is 6. The number of nitrogens with two attached hydrogens (primary N) is 2. The average Bonchev–Trinajstić information content (AvgIpc) is 3.53. The van der Waals surface area contributed by atoms with E-state index in [1.165, 1.54) is 17.0 Å². The van der Waals surface area contributed by atoms with Crippen LogP contribution in [-0.4, -0.2) is 94.9 Å². The van der Waals surface area contributed by atoms with E-state index in [4.69, 9.17) is 16.2 Å². The summed E-state index contributed by atoms with van der Waals surface area (Å²) in [6.45, 7) is 5.00. The number of benzene rings is 2. The number of nitrogens with one attached hydrogen (secondary N) is 4. The number of likely N-dealkylation sites (tertiary alicyclic amines) is 1. The Balaban J connectivity index is 1.72. The molecule has 1 heterocycles. The highest BCUT2D eigenvalue weighted by Crippen LogP contribution is 2.21. The Bertz CT molecular complexity index is 1450. The summed E-state index contributed by atoms with van der Waals surface area (Å²) in [5.41, 5.74) is 11.3. The number of hydrogen-bond acceptors (Lipinski definition) is 9. The highest BCUT2D eigenvalue weighted by Gasteiger charge is 2.40. The van der Waals surface area contributed by atoms with Crippen molar-refractivity contribution in [2.75, 3.05) is 25.0 Å². The van der Waals surface area contributed by atoms with E-state index in [1.54, 1.807) is 42.5 Å². The lowest BCUT2D eigenvalue weighted by Gasteiger charge is -2.32. The summed E-state index contributed by atoms with van der Waals surface area (Å²) in [6, 6.07) is 11.5. The quantitative estimate of drug-likeness (QED) is 0.127. The minimum Gasteiger partial charge on any atom is -0.484 e. The maximum absolute atomic E-state index is 13.6. The molecule has 0 aliphatic carbocycles. The van der Waals surface area contributed by atoms with Crippen LogP contribution in [0.4, 0.5) is 5.69 Å². The third kappa shape index (κ3) is 11.7. The van der Waals surface area contributed by atoms with Gasteiger partial charge in [-0.3, -0.25) is 28.8 Å². The van der Waals surface area contributed by atoms with Gasteiger partial charge in [0, 0.05) is 17.8 Å². The fourth-order valence-electron chi connectivity index (χ4n) is 5.13. The molecule has 0 bridgehead atoms. The molecule has 260 valence electrons. The third-order valence-corrected chi connectivity index (χ3v) is 7.35. The Morgan fingerprint density at radius 3 is 2.25 bits per heavy atom. The van der Waals surface area contributed by atoms with E-state index < -0.39 is 66.4 Å². The Labute approximate surface area is 279 Å². The van der Waals surface area contributed by atoms with Crippen molar-refractivity contribution in [2.45, 2.75) is 76.2 Å². The van der Waals surface area contributed by atoms with Crippen molar-refractivity contribution in [1.82, 2.24) is 20.9 Å². The molecule has 6 amide bonds. The van der Waals surface area contributed by atoms with Gasteiger partial charge in [-0.05, 0) is 69.9 Å². The maximum Gasteiger partial charge on any atom is 0.258 e. The second kappa shape index (κ2) is 17.2. The third-order valence-electron chi connectivity index (χ3n) is 7.35. The molecule has 0 saturated carbocycles. The summed E-state index contributed by atoms with van der Waals surface area (Å²) in [5.74, 6) is -3.67. The minimum absolute atomic E-state index is 0.0221. The predicted molar refractivity (Wildman–Crippen MR) is 176 cm³/mol. The van der Waals surface area contributed by atoms with Gasteiger partial charge in [-0.25, -0.2) is 0 Å². The Morgan fingerprint density at radius 2 is 1.65 bits per heavy atom. The summed E-state index contributed by atoms with van der Waals surface area (Å²) in [4.78, 5) is 77.5. The molecule has 3 rings (SSSR count). The van der Waals surface area contributed by atoms with Crippen molar-refractivity contribution in [3.05, 3.63) is 60.2 Å². The largest absolute Gasteiger partial charge is 0.484 e. The van der Waals surface area contributed by atoms with E-state index in [0.717, 1.165) is 0 Å². The highest BCUT2D eigenvalue weighted by atomic mass is 16.5. The van der Waals surface area contributed by atoms with Crippen molar-refractivity contribution in [2.24, 2.45) is 11.5 Å². The zero-order valence-corrected chi connectivity index (χ0v) is 27.4. The van der Waals surface area contributed by atoms with Crippen molar-refractivity contribution < 1.29 is 38.6 Å². The maximum atomic E-state index is 13.6. The zero-order valence-electron chi connectivity index (χ0n) is 27.4. The number of carbonyl (C=O) groups is 6. The lowest BCUT2D eigenvalue weighted by Crippen LogP contribution is -2.59. The number of ether oxygens (including phenoxy) is 1. The van der Waals surface area contributed by atoms with Gasteiger partial charge in [0.15, 0.2) is 12.7 Å². The second-order valence-corrected chi connectivity index (χ2v) is 12.5. The fourth-order valence-corrected chi connectivity index (χ4v) is 5.13. The van der Waals surface area contributed by atoms with Crippen molar-refractivity contribution in [3.8, 4) is 5.75 Å². The highest BCUT2D eigenvalue weighted by molar-refractivity contribution is 5.94. The van der Waals surface area contributed by atoms with Gasteiger partial charge in [0.1, 0.15) is 17.8 Å².